The van der Waals surface area contributed by atoms with E-state index in [0.717, 1.165) is 6.07 Å². The number of hydrogen-bond donors (Lipinski definition) is 0. The molecule has 0 bridgehead atoms. The van der Waals surface area contributed by atoms with Gasteiger partial charge in [0.05, 0.1) is 29.1 Å². The SMILES string of the molecule is CCOC(=O)c1c(C(C)C)nc(C(C)C)c(C=O)c1-c1ccccc1C(F)(F)F. The monoisotopic (exact) mass is 407 g/mol. The molecule has 0 unspecified atom stereocenters. The van der Waals surface area contributed by atoms with Gasteiger partial charge in [0.1, 0.15) is 0 Å². The van der Waals surface area contributed by atoms with E-state index >= 15 is 0 Å². The molecule has 4 nitrogen and oxygen atoms in total. The van der Waals surface area contributed by atoms with E-state index in [2.05, 4.69) is 4.98 Å². The Kier molecular flexibility index (Phi) is 6.82. The van der Waals surface area contributed by atoms with Crippen LogP contribution in [-0.4, -0.2) is 23.8 Å². The number of hydrogen-bond acceptors (Lipinski definition) is 4. The summed E-state index contributed by atoms with van der Waals surface area (Å²) in [4.78, 5) is 29.4. The second kappa shape index (κ2) is 8.76. The molecule has 7 heteroatoms. The first kappa shape index (κ1) is 22.6. The van der Waals surface area contributed by atoms with Gasteiger partial charge in [0.2, 0.25) is 0 Å². The Morgan fingerprint density at radius 3 is 2.17 bits per heavy atom. The third kappa shape index (κ3) is 4.49. The van der Waals surface area contributed by atoms with Crippen LogP contribution in [0.15, 0.2) is 24.3 Å². The third-order valence-electron chi connectivity index (χ3n) is 4.49. The number of aldehydes is 1. The Balaban J connectivity index is 3.10. The maximum atomic E-state index is 13.7. The molecule has 0 atom stereocenters. The quantitative estimate of drug-likeness (QED) is 0.435. The van der Waals surface area contributed by atoms with Crippen molar-refractivity contribution in [3.63, 3.8) is 0 Å². The Hall–Kier alpha value is -2.70. The van der Waals surface area contributed by atoms with Gasteiger partial charge in [0, 0.05) is 11.1 Å². The average molecular weight is 407 g/mol. The van der Waals surface area contributed by atoms with Crippen LogP contribution in [0.1, 0.15) is 84.1 Å². The summed E-state index contributed by atoms with van der Waals surface area (Å²) in [5.74, 6) is -1.31. The van der Waals surface area contributed by atoms with Crippen molar-refractivity contribution < 1.29 is 27.5 Å². The molecule has 0 radical (unpaired) electrons. The maximum absolute atomic E-state index is 13.7. The Bertz CT molecular complexity index is 918. The summed E-state index contributed by atoms with van der Waals surface area (Å²) in [7, 11) is 0. The van der Waals surface area contributed by atoms with Crippen molar-refractivity contribution >= 4 is 12.3 Å². The molecular formula is C22H24F3NO3. The molecule has 0 aliphatic heterocycles. The normalized spacial score (nSPS) is 11.8. The van der Waals surface area contributed by atoms with E-state index < -0.39 is 17.7 Å². The lowest BCUT2D eigenvalue weighted by atomic mass is 9.85. The van der Waals surface area contributed by atoms with Crippen LogP contribution in [0.2, 0.25) is 0 Å². The van der Waals surface area contributed by atoms with Crippen LogP contribution in [0.4, 0.5) is 13.2 Å². The Morgan fingerprint density at radius 1 is 1.10 bits per heavy atom. The van der Waals surface area contributed by atoms with Crippen LogP contribution >= 0.6 is 0 Å². The predicted molar refractivity (Wildman–Crippen MR) is 104 cm³/mol. The molecule has 0 amide bonds. The molecule has 0 saturated carbocycles. The van der Waals surface area contributed by atoms with Gasteiger partial charge in [0.25, 0.3) is 0 Å². The number of pyridine rings is 1. The van der Waals surface area contributed by atoms with E-state index in [9.17, 15) is 22.8 Å². The topological polar surface area (TPSA) is 56.3 Å². The predicted octanol–water partition coefficient (Wildman–Crippen LogP) is 6.00. The summed E-state index contributed by atoms with van der Waals surface area (Å²) < 4.78 is 46.4. The highest BCUT2D eigenvalue weighted by atomic mass is 19.4. The molecular weight excluding hydrogens is 383 g/mol. The van der Waals surface area contributed by atoms with Gasteiger partial charge in [-0.3, -0.25) is 9.78 Å². The van der Waals surface area contributed by atoms with Crippen LogP contribution in [0.5, 0.6) is 0 Å². The first-order valence-corrected chi connectivity index (χ1v) is 9.41. The van der Waals surface area contributed by atoms with Gasteiger partial charge in [-0.15, -0.1) is 0 Å². The Labute approximate surface area is 168 Å². The van der Waals surface area contributed by atoms with Crippen LogP contribution in [0.25, 0.3) is 11.1 Å². The van der Waals surface area contributed by atoms with Crippen molar-refractivity contribution in [3.05, 3.63) is 52.3 Å². The van der Waals surface area contributed by atoms with Crippen molar-refractivity contribution in [2.24, 2.45) is 0 Å². The molecule has 1 aromatic heterocycles. The highest BCUT2D eigenvalue weighted by molar-refractivity contribution is 6.04. The lowest BCUT2D eigenvalue weighted by molar-refractivity contribution is -0.137. The number of alkyl halides is 3. The van der Waals surface area contributed by atoms with Crippen molar-refractivity contribution in [1.82, 2.24) is 4.98 Å². The molecule has 1 heterocycles. The van der Waals surface area contributed by atoms with E-state index in [-0.39, 0.29) is 40.7 Å². The van der Waals surface area contributed by atoms with E-state index in [0.29, 0.717) is 17.7 Å². The second-order valence-corrected chi connectivity index (χ2v) is 7.24. The van der Waals surface area contributed by atoms with Crippen molar-refractivity contribution in [1.29, 1.82) is 0 Å². The van der Waals surface area contributed by atoms with Crippen molar-refractivity contribution in [2.45, 2.75) is 52.6 Å². The van der Waals surface area contributed by atoms with Gasteiger partial charge in [-0.05, 0) is 30.4 Å². The number of aromatic nitrogens is 1. The van der Waals surface area contributed by atoms with Gasteiger partial charge in [-0.2, -0.15) is 13.2 Å². The molecule has 2 aromatic rings. The minimum absolute atomic E-state index is 0.0239. The maximum Gasteiger partial charge on any atom is 0.417 e. The number of benzene rings is 1. The zero-order valence-electron chi connectivity index (χ0n) is 17.1. The number of nitrogens with zero attached hydrogens (tertiary/aromatic N) is 1. The number of ether oxygens (including phenoxy) is 1. The van der Waals surface area contributed by atoms with Crippen LogP contribution in [0, 0.1) is 0 Å². The molecule has 0 fully saturated rings. The molecule has 29 heavy (non-hydrogen) atoms. The van der Waals surface area contributed by atoms with Crippen LogP contribution < -0.4 is 0 Å². The molecule has 1 aromatic carbocycles. The van der Waals surface area contributed by atoms with E-state index in [1.165, 1.54) is 18.2 Å². The van der Waals surface area contributed by atoms with Crippen LogP contribution in [-0.2, 0) is 10.9 Å². The minimum atomic E-state index is -4.66. The van der Waals surface area contributed by atoms with Gasteiger partial charge >= 0.3 is 12.1 Å². The van der Waals surface area contributed by atoms with Gasteiger partial charge in [0.15, 0.2) is 6.29 Å². The largest absolute Gasteiger partial charge is 0.462 e. The smallest absolute Gasteiger partial charge is 0.417 e. The summed E-state index contributed by atoms with van der Waals surface area (Å²) in [6.07, 6.45) is -4.19. The van der Waals surface area contributed by atoms with Gasteiger partial charge in [-0.25, -0.2) is 4.79 Å². The highest BCUT2D eigenvalue weighted by Gasteiger charge is 2.37. The highest BCUT2D eigenvalue weighted by Crippen LogP contribution is 2.42. The fourth-order valence-corrected chi connectivity index (χ4v) is 3.25. The lowest BCUT2D eigenvalue weighted by Crippen LogP contribution is -2.19. The van der Waals surface area contributed by atoms with E-state index in [1.807, 2.05) is 0 Å². The van der Waals surface area contributed by atoms with Crippen molar-refractivity contribution in [3.8, 4) is 11.1 Å². The third-order valence-corrected chi connectivity index (χ3v) is 4.49. The number of esters is 1. The minimum Gasteiger partial charge on any atom is -0.462 e. The number of carbonyl (C=O) groups excluding carboxylic acids is 2. The summed E-state index contributed by atoms with van der Waals surface area (Å²) >= 11 is 0. The fourth-order valence-electron chi connectivity index (χ4n) is 3.25. The molecule has 0 aliphatic carbocycles. The first-order valence-electron chi connectivity index (χ1n) is 9.41. The summed E-state index contributed by atoms with van der Waals surface area (Å²) in [5, 5.41) is 0. The molecule has 0 aliphatic rings. The summed E-state index contributed by atoms with van der Waals surface area (Å²) in [5.41, 5.74) is -0.697. The zero-order valence-corrected chi connectivity index (χ0v) is 17.1. The Morgan fingerprint density at radius 2 is 1.69 bits per heavy atom. The zero-order chi connectivity index (χ0) is 21.9. The fraction of sp³-hybridized carbons (Fsp3) is 0.409. The molecule has 2 rings (SSSR count). The first-order chi connectivity index (χ1) is 13.5. The van der Waals surface area contributed by atoms with Gasteiger partial charge in [-0.1, -0.05) is 45.9 Å². The molecule has 0 spiro atoms. The summed E-state index contributed by atoms with van der Waals surface area (Å²) in [6.45, 7) is 8.81. The second-order valence-electron chi connectivity index (χ2n) is 7.24. The molecule has 0 saturated heterocycles. The number of halogens is 3. The van der Waals surface area contributed by atoms with Crippen molar-refractivity contribution in [2.75, 3.05) is 6.61 Å². The molecule has 156 valence electrons. The summed E-state index contributed by atoms with van der Waals surface area (Å²) in [6, 6.07) is 4.91. The van der Waals surface area contributed by atoms with Crippen LogP contribution in [0.3, 0.4) is 0 Å². The van der Waals surface area contributed by atoms with E-state index in [4.69, 9.17) is 4.74 Å². The molecule has 0 N–H and O–H groups in total. The lowest BCUT2D eigenvalue weighted by Gasteiger charge is -2.23. The standard InChI is InChI=1S/C22H24F3NO3/c1-6-29-21(28)18-17(14-9-7-8-10-16(14)22(23,24)25)15(11-27)19(12(2)3)26-20(18)13(4)5/h7-13H,6H2,1-5H3. The number of rotatable bonds is 6. The number of carbonyl (C=O) groups is 2. The average Bonchev–Trinajstić information content (AvgIpc) is 2.65. The van der Waals surface area contributed by atoms with Gasteiger partial charge < -0.3 is 4.74 Å². The van der Waals surface area contributed by atoms with E-state index in [1.54, 1.807) is 34.6 Å².